The van der Waals surface area contributed by atoms with Crippen LogP contribution in [0.2, 0.25) is 0 Å². The summed E-state index contributed by atoms with van der Waals surface area (Å²) >= 11 is 0. The highest BCUT2D eigenvalue weighted by molar-refractivity contribution is 5.52. The largest absolute Gasteiger partial charge is 0.384 e. The van der Waals surface area contributed by atoms with Crippen molar-refractivity contribution in [1.82, 2.24) is 14.5 Å². The van der Waals surface area contributed by atoms with Gasteiger partial charge in [0.05, 0.1) is 10.6 Å². The molecule has 2 aromatic heterocycles. The normalized spacial score (nSPS) is 10.5. The number of imidazole rings is 1. The van der Waals surface area contributed by atoms with Crippen LogP contribution in [0, 0.1) is 24.0 Å². The third-order valence-corrected chi connectivity index (χ3v) is 2.55. The molecular formula is C10H11N5O2. The van der Waals surface area contributed by atoms with Crippen LogP contribution in [-0.4, -0.2) is 19.5 Å². The van der Waals surface area contributed by atoms with E-state index in [1.54, 1.807) is 4.57 Å². The minimum Gasteiger partial charge on any atom is -0.384 e. The summed E-state index contributed by atoms with van der Waals surface area (Å²) in [5.74, 6) is 0.421. The molecular weight excluding hydrogens is 222 g/mol. The molecule has 0 spiro atoms. The summed E-state index contributed by atoms with van der Waals surface area (Å²) < 4.78 is 1.56. The van der Waals surface area contributed by atoms with E-state index < -0.39 is 4.92 Å². The molecule has 17 heavy (non-hydrogen) atoms. The fraction of sp³-hybridized carbons (Fsp3) is 0.200. The smallest absolute Gasteiger partial charge is 0.312 e. The molecule has 0 bridgehead atoms. The van der Waals surface area contributed by atoms with E-state index in [4.69, 9.17) is 5.73 Å². The van der Waals surface area contributed by atoms with Gasteiger partial charge in [0, 0.05) is 11.8 Å². The predicted molar refractivity (Wildman–Crippen MR) is 61.9 cm³/mol. The van der Waals surface area contributed by atoms with Crippen molar-refractivity contribution in [3.63, 3.8) is 0 Å². The molecule has 0 aromatic carbocycles. The Kier molecular flexibility index (Phi) is 2.51. The molecule has 0 radical (unpaired) electrons. The topological polar surface area (TPSA) is 99.9 Å². The number of anilines is 1. The van der Waals surface area contributed by atoms with Crippen LogP contribution in [-0.2, 0) is 0 Å². The number of nitro groups is 1. The van der Waals surface area contributed by atoms with Crippen LogP contribution in [0.3, 0.4) is 0 Å². The summed E-state index contributed by atoms with van der Waals surface area (Å²) in [5.41, 5.74) is 7.05. The molecule has 7 heteroatoms. The maximum absolute atomic E-state index is 10.9. The van der Waals surface area contributed by atoms with Crippen molar-refractivity contribution in [2.24, 2.45) is 0 Å². The molecule has 2 aromatic rings. The van der Waals surface area contributed by atoms with Gasteiger partial charge in [-0.05, 0) is 19.9 Å². The number of nitrogen functional groups attached to an aromatic ring is 1. The summed E-state index contributed by atoms with van der Waals surface area (Å²) in [6, 6.07) is 2.74. The summed E-state index contributed by atoms with van der Waals surface area (Å²) in [7, 11) is 0. The van der Waals surface area contributed by atoms with Gasteiger partial charge in [-0.2, -0.15) is 0 Å². The number of nitrogens with two attached hydrogens (primary N) is 1. The van der Waals surface area contributed by atoms with Crippen LogP contribution in [0.5, 0.6) is 0 Å². The van der Waals surface area contributed by atoms with Crippen LogP contribution in [0.15, 0.2) is 18.5 Å². The van der Waals surface area contributed by atoms with Crippen LogP contribution < -0.4 is 5.73 Å². The minimum absolute atomic E-state index is 0.0975. The van der Waals surface area contributed by atoms with Gasteiger partial charge < -0.3 is 5.73 Å². The number of aromatic nitrogens is 3. The zero-order valence-corrected chi connectivity index (χ0v) is 9.41. The highest BCUT2D eigenvalue weighted by Crippen LogP contribution is 2.23. The molecule has 7 nitrogen and oxygen atoms in total. The van der Waals surface area contributed by atoms with Crippen molar-refractivity contribution >= 4 is 11.5 Å². The Hall–Kier alpha value is -2.44. The molecule has 0 fully saturated rings. The van der Waals surface area contributed by atoms with Gasteiger partial charge in [-0.25, -0.2) is 9.97 Å². The number of hydrogen-bond acceptors (Lipinski definition) is 5. The minimum atomic E-state index is -0.490. The monoisotopic (exact) mass is 233 g/mol. The first-order valence-electron chi connectivity index (χ1n) is 4.92. The Labute approximate surface area is 97.1 Å². The number of rotatable bonds is 2. The van der Waals surface area contributed by atoms with Gasteiger partial charge in [-0.3, -0.25) is 14.7 Å². The average molecular weight is 233 g/mol. The van der Waals surface area contributed by atoms with Crippen LogP contribution in [0.1, 0.15) is 11.4 Å². The first kappa shape index (κ1) is 11.1. The van der Waals surface area contributed by atoms with Crippen LogP contribution >= 0.6 is 0 Å². The predicted octanol–water partition coefficient (Wildman–Crippen LogP) is 1.37. The summed E-state index contributed by atoms with van der Waals surface area (Å²) in [5, 5.41) is 10.9. The number of pyridine rings is 1. The lowest BCUT2D eigenvalue weighted by Crippen LogP contribution is -2.05. The fourth-order valence-electron chi connectivity index (χ4n) is 1.49. The molecule has 0 saturated carbocycles. The van der Waals surface area contributed by atoms with E-state index in [0.717, 1.165) is 11.4 Å². The fourth-order valence-corrected chi connectivity index (χ4v) is 1.49. The van der Waals surface area contributed by atoms with E-state index in [9.17, 15) is 10.1 Å². The maximum Gasteiger partial charge on any atom is 0.312 e. The molecule has 0 atom stereocenters. The van der Waals surface area contributed by atoms with Crippen LogP contribution in [0.25, 0.3) is 5.82 Å². The maximum atomic E-state index is 10.9. The number of nitrogens with zero attached hydrogens (tertiary/aromatic N) is 4. The first-order chi connectivity index (χ1) is 8.00. The molecule has 0 aliphatic heterocycles. The molecule has 0 saturated heterocycles. The van der Waals surface area contributed by atoms with Gasteiger partial charge in [0.2, 0.25) is 5.82 Å². The zero-order valence-electron chi connectivity index (χ0n) is 9.41. The lowest BCUT2D eigenvalue weighted by molar-refractivity contribution is -0.384. The number of hydrogen-bond donors (Lipinski definition) is 1. The Bertz CT molecular complexity index is 590. The van der Waals surface area contributed by atoms with Gasteiger partial charge in [0.25, 0.3) is 0 Å². The van der Waals surface area contributed by atoms with Crippen LogP contribution in [0.4, 0.5) is 11.5 Å². The van der Waals surface area contributed by atoms with Gasteiger partial charge in [0.15, 0.2) is 0 Å². The molecule has 0 aliphatic rings. The van der Waals surface area contributed by atoms with Crippen molar-refractivity contribution in [2.45, 2.75) is 13.8 Å². The third-order valence-electron chi connectivity index (χ3n) is 2.55. The van der Waals surface area contributed by atoms with Crippen molar-refractivity contribution in [3.8, 4) is 5.82 Å². The summed E-state index contributed by atoms with van der Waals surface area (Å²) in [4.78, 5) is 18.5. The second kappa shape index (κ2) is 3.85. The van der Waals surface area contributed by atoms with E-state index in [1.807, 2.05) is 13.8 Å². The van der Waals surface area contributed by atoms with E-state index >= 15 is 0 Å². The SMILES string of the molecule is Cc1ncn(-c2nc(N)ccc2[N+](=O)[O-])c1C. The van der Waals surface area contributed by atoms with Crippen molar-refractivity contribution in [2.75, 3.05) is 5.73 Å². The highest BCUT2D eigenvalue weighted by Gasteiger charge is 2.19. The second-order valence-corrected chi connectivity index (χ2v) is 3.62. The molecule has 88 valence electrons. The Balaban J connectivity index is 2.69. The van der Waals surface area contributed by atoms with E-state index in [-0.39, 0.29) is 17.3 Å². The first-order valence-corrected chi connectivity index (χ1v) is 4.92. The quantitative estimate of drug-likeness (QED) is 0.623. The second-order valence-electron chi connectivity index (χ2n) is 3.62. The third kappa shape index (κ3) is 1.82. The van der Waals surface area contributed by atoms with Crippen molar-refractivity contribution in [3.05, 3.63) is 40.0 Å². The summed E-state index contributed by atoms with van der Waals surface area (Å²) in [6.07, 6.45) is 1.50. The Morgan fingerprint density at radius 2 is 2.12 bits per heavy atom. The standard InChI is InChI=1S/C10H11N5O2/c1-6-7(2)14(5-12-6)10-8(15(16)17)3-4-9(11)13-10/h3-5H,1-2H3,(H2,11,13). The zero-order chi connectivity index (χ0) is 12.6. The van der Waals surface area contributed by atoms with E-state index in [2.05, 4.69) is 9.97 Å². The molecule has 0 amide bonds. The summed E-state index contributed by atoms with van der Waals surface area (Å²) in [6.45, 7) is 3.64. The van der Waals surface area contributed by atoms with Gasteiger partial charge in [0.1, 0.15) is 12.1 Å². The molecule has 2 N–H and O–H groups in total. The Morgan fingerprint density at radius 3 is 2.65 bits per heavy atom. The highest BCUT2D eigenvalue weighted by atomic mass is 16.6. The molecule has 0 unspecified atom stereocenters. The van der Waals surface area contributed by atoms with E-state index in [1.165, 1.54) is 18.5 Å². The van der Waals surface area contributed by atoms with Crippen molar-refractivity contribution in [1.29, 1.82) is 0 Å². The van der Waals surface area contributed by atoms with Gasteiger partial charge >= 0.3 is 5.69 Å². The Morgan fingerprint density at radius 1 is 1.41 bits per heavy atom. The molecule has 2 rings (SSSR count). The molecule has 2 heterocycles. The van der Waals surface area contributed by atoms with Crippen molar-refractivity contribution < 1.29 is 4.92 Å². The number of aryl methyl sites for hydroxylation is 1. The lowest BCUT2D eigenvalue weighted by atomic mass is 10.3. The van der Waals surface area contributed by atoms with Gasteiger partial charge in [-0.1, -0.05) is 0 Å². The van der Waals surface area contributed by atoms with Gasteiger partial charge in [-0.15, -0.1) is 0 Å². The van der Waals surface area contributed by atoms with E-state index in [0.29, 0.717) is 0 Å². The molecule has 0 aliphatic carbocycles. The lowest BCUT2D eigenvalue weighted by Gasteiger charge is -2.05. The average Bonchev–Trinajstić information content (AvgIpc) is 2.59.